The molecule has 3 N–H and O–H groups in total. The highest BCUT2D eigenvalue weighted by atomic mass is 32.1. The van der Waals surface area contributed by atoms with E-state index >= 15 is 0 Å². The Hall–Kier alpha value is -5.38. The standard InChI is InChI=1S/C42H46F4N8O5S/c1-3-26-17-32(54-40(60)53(39(58)41(54)11-4-12-41)31-6-5-27(22-47)33(21-31)42(44,45)46)7-9-35(26)59-16-15-51-13-14-52(25(2)23-51)24-37(56)49-30-19-28(43)18-29(20-30)48-34-8-10-36(55)50-38(34)57/h5-7,9,17-21,25,34,40,48,60H,3-4,8,10-16,23-24H2,1-2H3,(H,49,56)(H,50,55,57)/t25-,34?,40+/m1/s1. The van der Waals surface area contributed by atoms with Gasteiger partial charge in [-0.05, 0) is 99.2 Å². The zero-order valence-electron chi connectivity index (χ0n) is 33.1. The smallest absolute Gasteiger partial charge is 0.417 e. The number of carbonyl (C=O) groups is 4. The fourth-order valence-electron chi connectivity index (χ4n) is 8.47. The van der Waals surface area contributed by atoms with Crippen LogP contribution in [-0.2, 0) is 31.8 Å². The molecule has 0 radical (unpaired) electrons. The van der Waals surface area contributed by atoms with Crippen molar-refractivity contribution in [2.45, 2.75) is 81.7 Å². The quantitative estimate of drug-likeness (QED) is 0.105. The molecule has 4 fully saturated rings. The number of thiol groups is 1. The second-order valence-corrected chi connectivity index (χ2v) is 16.1. The van der Waals surface area contributed by atoms with E-state index in [1.165, 1.54) is 23.1 Å². The van der Waals surface area contributed by atoms with Crippen molar-refractivity contribution >= 4 is 59.0 Å². The first-order valence-corrected chi connectivity index (χ1v) is 20.5. The predicted octanol–water partition coefficient (Wildman–Crippen LogP) is 5.51. The van der Waals surface area contributed by atoms with Crippen LogP contribution in [0.25, 0.3) is 0 Å². The number of amides is 4. The number of piperazine rings is 1. The molecule has 1 spiro atoms. The molecule has 3 atom stereocenters. The van der Waals surface area contributed by atoms with Crippen molar-refractivity contribution in [3.05, 3.63) is 77.1 Å². The molecule has 1 saturated carbocycles. The van der Waals surface area contributed by atoms with Crippen molar-refractivity contribution in [2.24, 2.45) is 0 Å². The lowest BCUT2D eigenvalue weighted by molar-refractivity contribution is -0.138. The highest BCUT2D eigenvalue weighted by Gasteiger charge is 2.60. The van der Waals surface area contributed by atoms with E-state index in [1.807, 2.05) is 41.8 Å². The number of piperidine rings is 1. The number of ether oxygens (including phenoxy) is 1. The summed E-state index contributed by atoms with van der Waals surface area (Å²) in [5.74, 6) is -1.39. The average molecular weight is 851 g/mol. The van der Waals surface area contributed by atoms with E-state index in [9.17, 15) is 42.0 Å². The SMILES string of the molecule is CCc1cc(N2[C@@H](S)N(c3ccc(C#N)c(C(F)(F)F)c3)C(=O)C23CCC3)ccc1OCCN1CCN(CC(=O)Nc2cc(F)cc(NC3CCC(=O)NC3=O)c2)[C@H](C)C1. The van der Waals surface area contributed by atoms with Crippen LogP contribution in [0.2, 0.25) is 0 Å². The van der Waals surface area contributed by atoms with Crippen molar-refractivity contribution in [1.29, 1.82) is 5.26 Å². The number of benzene rings is 3. The zero-order chi connectivity index (χ0) is 42.9. The molecule has 0 bridgehead atoms. The molecule has 7 rings (SSSR count). The molecule has 1 aliphatic carbocycles. The van der Waals surface area contributed by atoms with Crippen molar-refractivity contribution < 1.29 is 41.5 Å². The van der Waals surface area contributed by atoms with E-state index in [0.29, 0.717) is 69.2 Å². The largest absolute Gasteiger partial charge is 0.492 e. The van der Waals surface area contributed by atoms with E-state index < -0.39 is 46.1 Å². The number of halogens is 4. The van der Waals surface area contributed by atoms with Gasteiger partial charge in [-0.2, -0.15) is 18.4 Å². The van der Waals surface area contributed by atoms with E-state index in [0.717, 1.165) is 24.1 Å². The predicted molar refractivity (Wildman–Crippen MR) is 219 cm³/mol. The first kappa shape index (κ1) is 42.7. The lowest BCUT2D eigenvalue weighted by atomic mass is 9.75. The van der Waals surface area contributed by atoms with Crippen LogP contribution < -0.4 is 30.5 Å². The molecule has 1 unspecified atom stereocenters. The van der Waals surface area contributed by atoms with Gasteiger partial charge in [-0.3, -0.25) is 39.2 Å². The number of alkyl halides is 3. The van der Waals surface area contributed by atoms with Crippen LogP contribution in [0.3, 0.4) is 0 Å². The third-order valence-corrected chi connectivity index (χ3v) is 12.2. The van der Waals surface area contributed by atoms with Gasteiger partial charge < -0.3 is 20.3 Å². The Labute approximate surface area is 350 Å². The van der Waals surface area contributed by atoms with Gasteiger partial charge in [-0.15, -0.1) is 12.6 Å². The number of aryl methyl sites for hydroxylation is 1. The number of nitriles is 1. The first-order chi connectivity index (χ1) is 28.6. The summed E-state index contributed by atoms with van der Waals surface area (Å²) in [4.78, 5) is 58.1. The third kappa shape index (κ3) is 8.75. The maximum Gasteiger partial charge on any atom is 0.417 e. The van der Waals surface area contributed by atoms with Gasteiger partial charge in [0.05, 0.1) is 23.7 Å². The number of hydrogen-bond donors (Lipinski definition) is 4. The maximum absolute atomic E-state index is 14.5. The molecule has 3 saturated heterocycles. The molecule has 3 aromatic carbocycles. The zero-order valence-corrected chi connectivity index (χ0v) is 34.0. The Morgan fingerprint density at radius 3 is 2.47 bits per heavy atom. The Morgan fingerprint density at radius 1 is 1.05 bits per heavy atom. The van der Waals surface area contributed by atoms with Gasteiger partial charge in [0.15, 0.2) is 5.50 Å². The second kappa shape index (κ2) is 17.3. The van der Waals surface area contributed by atoms with Gasteiger partial charge in [0.1, 0.15) is 29.8 Å². The lowest BCUT2D eigenvalue weighted by Crippen LogP contribution is -2.55. The minimum Gasteiger partial charge on any atom is -0.492 e. The average Bonchev–Trinajstić information content (AvgIpc) is 3.42. The third-order valence-electron chi connectivity index (χ3n) is 11.8. The molecule has 3 aromatic rings. The molecule has 3 heterocycles. The number of nitrogens with zero attached hydrogens (tertiary/aromatic N) is 5. The topological polar surface area (TPSA) is 150 Å². The van der Waals surface area contributed by atoms with Gasteiger partial charge in [0.2, 0.25) is 17.7 Å². The molecular formula is C42H46F4N8O5S. The van der Waals surface area contributed by atoms with Crippen LogP contribution in [-0.4, -0.2) is 95.9 Å². The van der Waals surface area contributed by atoms with E-state index in [4.69, 9.17) is 17.4 Å². The van der Waals surface area contributed by atoms with Crippen molar-refractivity contribution in [2.75, 3.05) is 59.8 Å². The Balaban J connectivity index is 0.929. The molecular weight excluding hydrogens is 805 g/mol. The van der Waals surface area contributed by atoms with Gasteiger partial charge >= 0.3 is 6.18 Å². The number of anilines is 4. The molecule has 318 valence electrons. The summed E-state index contributed by atoms with van der Waals surface area (Å²) >= 11 is 4.80. The van der Waals surface area contributed by atoms with Gasteiger partial charge in [0, 0.05) is 61.4 Å². The molecule has 13 nitrogen and oxygen atoms in total. The molecule has 60 heavy (non-hydrogen) atoms. The van der Waals surface area contributed by atoms with Crippen LogP contribution in [0.5, 0.6) is 5.75 Å². The molecule has 3 aliphatic heterocycles. The summed E-state index contributed by atoms with van der Waals surface area (Å²) in [6.07, 6.45) is -1.88. The lowest BCUT2D eigenvalue weighted by Gasteiger charge is -2.44. The van der Waals surface area contributed by atoms with Crippen molar-refractivity contribution in [3.63, 3.8) is 0 Å². The molecule has 0 aromatic heterocycles. The highest BCUT2D eigenvalue weighted by molar-refractivity contribution is 7.81. The minimum atomic E-state index is -4.78. The van der Waals surface area contributed by atoms with Crippen LogP contribution in [0.15, 0.2) is 54.6 Å². The summed E-state index contributed by atoms with van der Waals surface area (Å²) < 4.78 is 62.3. The fraction of sp³-hybridized carbons (Fsp3) is 0.452. The summed E-state index contributed by atoms with van der Waals surface area (Å²) in [6.45, 7) is 7.13. The maximum atomic E-state index is 14.5. The van der Waals surface area contributed by atoms with Gasteiger partial charge in [-0.25, -0.2) is 4.39 Å². The first-order valence-electron chi connectivity index (χ1n) is 20.0. The molecule has 18 heteroatoms. The van der Waals surface area contributed by atoms with E-state index in [-0.39, 0.29) is 54.5 Å². The van der Waals surface area contributed by atoms with E-state index in [1.54, 1.807) is 12.1 Å². The molecule has 4 amide bonds. The minimum absolute atomic E-state index is 0.0229. The number of nitrogens with one attached hydrogen (secondary N) is 3. The van der Waals surface area contributed by atoms with E-state index in [2.05, 4.69) is 20.9 Å². The summed E-state index contributed by atoms with van der Waals surface area (Å²) in [6, 6.07) is 13.8. The van der Waals surface area contributed by atoms with Crippen LogP contribution in [0, 0.1) is 17.1 Å². The van der Waals surface area contributed by atoms with Gasteiger partial charge in [0.25, 0.3) is 5.91 Å². The van der Waals surface area contributed by atoms with Crippen molar-refractivity contribution in [3.8, 4) is 11.8 Å². The number of carbonyl (C=O) groups excluding carboxylic acids is 4. The fourth-order valence-corrected chi connectivity index (χ4v) is 9.06. The van der Waals surface area contributed by atoms with Crippen LogP contribution >= 0.6 is 12.6 Å². The summed E-state index contributed by atoms with van der Waals surface area (Å²) in [5.41, 5.74) is -1.29. The van der Waals surface area contributed by atoms with Crippen molar-refractivity contribution in [1.82, 2.24) is 15.1 Å². The molecule has 4 aliphatic rings. The van der Waals surface area contributed by atoms with Gasteiger partial charge in [-0.1, -0.05) is 6.92 Å². The normalized spacial score (nSPS) is 22.0. The number of rotatable bonds is 12. The highest BCUT2D eigenvalue weighted by Crippen LogP contribution is 2.51. The summed E-state index contributed by atoms with van der Waals surface area (Å²) in [7, 11) is 0. The number of hydrogen-bond acceptors (Lipinski definition) is 11. The monoisotopic (exact) mass is 850 g/mol. The Morgan fingerprint density at radius 2 is 1.80 bits per heavy atom. The summed E-state index contributed by atoms with van der Waals surface area (Å²) in [5, 5.41) is 17.2. The van der Waals surface area contributed by atoms with Crippen LogP contribution in [0.1, 0.15) is 62.6 Å². The number of imide groups is 1. The Bertz CT molecular complexity index is 2210. The second-order valence-electron chi connectivity index (χ2n) is 15.7. The Kier molecular flexibility index (Phi) is 12.3. The van der Waals surface area contributed by atoms with Crippen LogP contribution in [0.4, 0.5) is 40.3 Å².